The van der Waals surface area contributed by atoms with E-state index in [4.69, 9.17) is 0 Å². The minimum absolute atomic E-state index is 0.0911. The van der Waals surface area contributed by atoms with E-state index in [0.29, 0.717) is 19.4 Å². The lowest BCUT2D eigenvalue weighted by Gasteiger charge is -2.29. The zero-order valence-corrected chi connectivity index (χ0v) is 13.8. The lowest BCUT2D eigenvalue weighted by Crippen LogP contribution is -2.40. The number of carbonyl (C=O) groups excluding carboxylic acids is 1. The molecule has 1 heterocycles. The molecule has 2 rings (SSSR count). The molecule has 0 spiro atoms. The van der Waals surface area contributed by atoms with Crippen LogP contribution in [0.3, 0.4) is 0 Å². The largest absolute Gasteiger partial charge is 0.312 e. The van der Waals surface area contributed by atoms with Crippen molar-refractivity contribution in [3.63, 3.8) is 0 Å². The summed E-state index contributed by atoms with van der Waals surface area (Å²) in [6, 6.07) is 4.97. The van der Waals surface area contributed by atoms with Crippen LogP contribution >= 0.6 is 0 Å². The van der Waals surface area contributed by atoms with Crippen LogP contribution in [0.5, 0.6) is 0 Å². The molecular formula is C15H22N2O3S. The molecular weight excluding hydrogens is 288 g/mol. The van der Waals surface area contributed by atoms with E-state index in [-0.39, 0.29) is 10.8 Å². The van der Waals surface area contributed by atoms with E-state index >= 15 is 0 Å². The van der Waals surface area contributed by atoms with Crippen LogP contribution in [0.25, 0.3) is 0 Å². The fourth-order valence-corrected chi connectivity index (χ4v) is 3.98. The van der Waals surface area contributed by atoms with Gasteiger partial charge in [-0.25, -0.2) is 13.1 Å². The van der Waals surface area contributed by atoms with Crippen molar-refractivity contribution in [3.8, 4) is 0 Å². The van der Waals surface area contributed by atoms with Crippen molar-refractivity contribution >= 4 is 21.6 Å². The first-order chi connectivity index (χ1) is 9.64. The second-order valence-corrected chi connectivity index (χ2v) is 7.97. The molecule has 1 aliphatic rings. The molecule has 1 aromatic rings. The third kappa shape index (κ3) is 3.44. The molecule has 21 heavy (non-hydrogen) atoms. The van der Waals surface area contributed by atoms with E-state index in [9.17, 15) is 13.2 Å². The number of fused-ring (bicyclic) bond motifs is 1. The maximum absolute atomic E-state index is 12.4. The van der Waals surface area contributed by atoms with E-state index in [1.165, 1.54) is 0 Å². The average Bonchev–Trinajstić information content (AvgIpc) is 2.35. The molecule has 0 aliphatic carbocycles. The van der Waals surface area contributed by atoms with Gasteiger partial charge in [0.25, 0.3) is 0 Å². The van der Waals surface area contributed by atoms with Crippen LogP contribution in [0, 0.1) is 0 Å². The Hall–Kier alpha value is -1.40. The highest BCUT2D eigenvalue weighted by Gasteiger charge is 2.26. The van der Waals surface area contributed by atoms with Crippen LogP contribution in [0.4, 0.5) is 5.69 Å². The molecule has 6 heteroatoms. The number of hydrogen-bond donors (Lipinski definition) is 1. The Morgan fingerprint density at radius 1 is 1.24 bits per heavy atom. The Bertz CT molecular complexity index is 660. The van der Waals surface area contributed by atoms with Crippen LogP contribution in [0.1, 0.15) is 39.7 Å². The van der Waals surface area contributed by atoms with Gasteiger partial charge in [-0.3, -0.25) is 4.79 Å². The third-order valence-corrected chi connectivity index (χ3v) is 5.07. The molecule has 1 aliphatic heterocycles. The summed E-state index contributed by atoms with van der Waals surface area (Å²) in [6.45, 7) is 7.93. The van der Waals surface area contributed by atoms with Crippen LogP contribution in [0.2, 0.25) is 0 Å². The third-order valence-electron chi connectivity index (χ3n) is 3.32. The Morgan fingerprint density at radius 3 is 2.48 bits per heavy atom. The predicted octanol–water partition coefficient (Wildman–Crippen LogP) is 2.06. The Balaban J connectivity index is 2.41. The van der Waals surface area contributed by atoms with E-state index in [0.717, 1.165) is 11.3 Å². The van der Waals surface area contributed by atoms with Gasteiger partial charge in [0.1, 0.15) is 0 Å². The smallest absolute Gasteiger partial charge is 0.241 e. The summed E-state index contributed by atoms with van der Waals surface area (Å²) in [5.74, 6) is 0.0911. The summed E-state index contributed by atoms with van der Waals surface area (Å²) in [5.41, 5.74) is 1.21. The number of benzene rings is 1. The molecule has 0 bridgehead atoms. The monoisotopic (exact) mass is 310 g/mol. The molecule has 0 radical (unpaired) electrons. The fraction of sp³-hybridized carbons (Fsp3) is 0.533. The van der Waals surface area contributed by atoms with Gasteiger partial charge in [-0.2, -0.15) is 0 Å². The minimum Gasteiger partial charge on any atom is -0.312 e. The van der Waals surface area contributed by atoms with Crippen molar-refractivity contribution in [2.24, 2.45) is 0 Å². The summed E-state index contributed by atoms with van der Waals surface area (Å²) in [7, 11) is -3.54. The maximum Gasteiger partial charge on any atom is 0.241 e. The maximum atomic E-state index is 12.4. The Labute approximate surface area is 126 Å². The normalized spacial score (nSPS) is 16.0. The van der Waals surface area contributed by atoms with E-state index in [1.807, 2.05) is 6.92 Å². The molecule has 0 fully saturated rings. The molecule has 1 N–H and O–H groups in total. The van der Waals surface area contributed by atoms with Gasteiger partial charge in [0.2, 0.25) is 15.9 Å². The molecule has 0 unspecified atom stereocenters. The lowest BCUT2D eigenvalue weighted by molar-refractivity contribution is -0.118. The first-order valence-corrected chi connectivity index (χ1v) is 8.59. The Morgan fingerprint density at radius 2 is 1.90 bits per heavy atom. The van der Waals surface area contributed by atoms with Crippen LogP contribution in [-0.2, 0) is 21.2 Å². The quantitative estimate of drug-likeness (QED) is 0.929. The average molecular weight is 310 g/mol. The number of amides is 1. The first kappa shape index (κ1) is 16.0. The van der Waals surface area contributed by atoms with Crippen LogP contribution in [0.15, 0.2) is 23.1 Å². The summed E-state index contributed by atoms with van der Waals surface area (Å²) in [5, 5.41) is 0. The van der Waals surface area contributed by atoms with Gasteiger partial charge >= 0.3 is 0 Å². The summed E-state index contributed by atoms with van der Waals surface area (Å²) in [4.78, 5) is 13.8. The van der Waals surface area contributed by atoms with Crippen molar-refractivity contribution < 1.29 is 13.2 Å². The number of carbonyl (C=O) groups is 1. The van der Waals surface area contributed by atoms with Gasteiger partial charge in [0, 0.05) is 24.2 Å². The van der Waals surface area contributed by atoms with Gasteiger partial charge < -0.3 is 4.90 Å². The van der Waals surface area contributed by atoms with Gasteiger partial charge in [-0.05, 0) is 57.9 Å². The zero-order chi connectivity index (χ0) is 15.8. The van der Waals surface area contributed by atoms with Crippen molar-refractivity contribution in [1.29, 1.82) is 0 Å². The molecule has 0 saturated heterocycles. The predicted molar refractivity (Wildman–Crippen MR) is 82.9 cm³/mol. The Kier molecular flexibility index (Phi) is 4.13. The van der Waals surface area contributed by atoms with Gasteiger partial charge in [0.15, 0.2) is 0 Å². The van der Waals surface area contributed by atoms with E-state index in [1.54, 1.807) is 43.9 Å². The number of anilines is 1. The molecule has 1 amide bonds. The number of rotatable bonds is 3. The number of sulfonamides is 1. The topological polar surface area (TPSA) is 66.5 Å². The number of nitrogens with one attached hydrogen (secondary N) is 1. The number of nitrogens with zero attached hydrogens (tertiary/aromatic N) is 1. The molecule has 5 nitrogen and oxygen atoms in total. The first-order valence-electron chi connectivity index (χ1n) is 7.11. The zero-order valence-electron chi connectivity index (χ0n) is 12.9. The van der Waals surface area contributed by atoms with E-state index < -0.39 is 15.6 Å². The van der Waals surface area contributed by atoms with Crippen LogP contribution in [-0.4, -0.2) is 26.4 Å². The minimum atomic E-state index is -3.54. The molecule has 1 aromatic carbocycles. The molecule has 116 valence electrons. The number of hydrogen-bond acceptors (Lipinski definition) is 3. The van der Waals surface area contributed by atoms with Crippen molar-refractivity contribution in [3.05, 3.63) is 23.8 Å². The summed E-state index contributed by atoms with van der Waals surface area (Å²) in [6.07, 6.45) is 1.01. The van der Waals surface area contributed by atoms with Crippen molar-refractivity contribution in [1.82, 2.24) is 4.72 Å². The SMILES string of the molecule is CCN1C(=O)CCc2cc(S(=O)(=O)NC(C)(C)C)ccc21. The second kappa shape index (κ2) is 5.42. The van der Waals surface area contributed by atoms with E-state index in [2.05, 4.69) is 4.72 Å². The van der Waals surface area contributed by atoms with Gasteiger partial charge in [-0.15, -0.1) is 0 Å². The fourth-order valence-electron chi connectivity index (χ4n) is 2.51. The second-order valence-electron chi connectivity index (χ2n) is 6.28. The highest BCUT2D eigenvalue weighted by atomic mass is 32.2. The highest BCUT2D eigenvalue weighted by Crippen LogP contribution is 2.30. The molecule has 0 aromatic heterocycles. The lowest BCUT2D eigenvalue weighted by atomic mass is 10.0. The summed E-state index contributed by atoms with van der Waals surface area (Å²) >= 11 is 0. The highest BCUT2D eigenvalue weighted by molar-refractivity contribution is 7.89. The summed E-state index contributed by atoms with van der Waals surface area (Å²) < 4.78 is 27.4. The molecule has 0 saturated carbocycles. The van der Waals surface area contributed by atoms with Gasteiger partial charge in [0.05, 0.1) is 4.90 Å². The van der Waals surface area contributed by atoms with Crippen LogP contribution < -0.4 is 9.62 Å². The molecule has 0 atom stereocenters. The van der Waals surface area contributed by atoms with Crippen molar-refractivity contribution in [2.45, 2.75) is 51.0 Å². The van der Waals surface area contributed by atoms with Crippen molar-refractivity contribution in [2.75, 3.05) is 11.4 Å². The standard InChI is InChI=1S/C15H22N2O3S/c1-5-17-13-8-7-12(10-11(13)6-9-14(17)18)21(19,20)16-15(2,3)4/h7-8,10,16H,5-6,9H2,1-4H3. The number of aryl methyl sites for hydroxylation is 1. The van der Waals surface area contributed by atoms with Gasteiger partial charge in [-0.1, -0.05) is 0 Å².